The van der Waals surface area contributed by atoms with Gasteiger partial charge < -0.3 is 14.3 Å². The lowest BCUT2D eigenvalue weighted by Gasteiger charge is -1.97. The second-order valence-corrected chi connectivity index (χ2v) is 3.16. The first-order valence-electron chi connectivity index (χ1n) is 4.52. The summed E-state index contributed by atoms with van der Waals surface area (Å²) in [7, 11) is 3.84. The molecule has 0 atom stereocenters. The van der Waals surface area contributed by atoms with Crippen molar-refractivity contribution in [3.63, 3.8) is 0 Å². The molecule has 74 valence electrons. The lowest BCUT2D eigenvalue weighted by Crippen LogP contribution is -2.03. The fraction of sp³-hybridized carbons (Fsp3) is 0.300. The Hall–Kier alpha value is -1.55. The Bertz CT molecular complexity index is 416. The molecule has 2 rings (SSSR count). The third-order valence-corrected chi connectivity index (χ3v) is 2.05. The van der Waals surface area contributed by atoms with Crippen LogP contribution >= 0.6 is 0 Å². The van der Waals surface area contributed by atoms with Crippen molar-refractivity contribution >= 4 is 0 Å². The lowest BCUT2D eigenvalue weighted by atomic mass is 10.4. The van der Waals surface area contributed by atoms with E-state index in [1.54, 1.807) is 6.20 Å². The van der Waals surface area contributed by atoms with Crippen molar-refractivity contribution < 1.29 is 4.42 Å². The molecule has 2 heterocycles. The predicted octanol–water partition coefficient (Wildman–Crippen LogP) is 1.40. The minimum Gasteiger partial charge on any atom is -0.456 e. The minimum atomic E-state index is 0.740. The van der Waals surface area contributed by atoms with Crippen LogP contribution in [-0.4, -0.2) is 16.6 Å². The number of hydrogen-bond acceptors (Lipinski definition) is 3. The van der Waals surface area contributed by atoms with Crippen LogP contribution in [0.2, 0.25) is 0 Å². The molecule has 4 heteroatoms. The fourth-order valence-electron chi connectivity index (χ4n) is 1.37. The minimum absolute atomic E-state index is 0.740. The van der Waals surface area contributed by atoms with E-state index in [-0.39, 0.29) is 0 Å². The predicted molar refractivity (Wildman–Crippen MR) is 53.7 cm³/mol. The summed E-state index contributed by atoms with van der Waals surface area (Å²) < 4.78 is 7.54. The van der Waals surface area contributed by atoms with Crippen LogP contribution in [0, 0.1) is 0 Å². The van der Waals surface area contributed by atoms with Gasteiger partial charge in [0.1, 0.15) is 5.76 Å². The average Bonchev–Trinajstić information content (AvgIpc) is 2.74. The Labute approximate surface area is 82.6 Å². The maximum absolute atomic E-state index is 5.60. The van der Waals surface area contributed by atoms with E-state index >= 15 is 0 Å². The fourth-order valence-corrected chi connectivity index (χ4v) is 1.37. The van der Waals surface area contributed by atoms with E-state index in [4.69, 9.17) is 4.42 Å². The van der Waals surface area contributed by atoms with Crippen LogP contribution in [0.25, 0.3) is 11.6 Å². The Morgan fingerprint density at radius 2 is 2.36 bits per heavy atom. The van der Waals surface area contributed by atoms with Gasteiger partial charge in [0.05, 0.1) is 6.54 Å². The average molecular weight is 191 g/mol. The van der Waals surface area contributed by atoms with E-state index in [0.29, 0.717) is 0 Å². The van der Waals surface area contributed by atoms with E-state index in [9.17, 15) is 0 Å². The van der Waals surface area contributed by atoms with Gasteiger partial charge in [-0.3, -0.25) is 0 Å². The second kappa shape index (κ2) is 3.67. The molecule has 0 spiro atoms. The van der Waals surface area contributed by atoms with Gasteiger partial charge >= 0.3 is 0 Å². The normalized spacial score (nSPS) is 10.7. The molecule has 0 fully saturated rings. The van der Waals surface area contributed by atoms with Gasteiger partial charge in [0.25, 0.3) is 0 Å². The number of imidazole rings is 1. The van der Waals surface area contributed by atoms with Gasteiger partial charge in [-0.15, -0.1) is 0 Å². The molecule has 0 bridgehead atoms. The van der Waals surface area contributed by atoms with E-state index in [1.165, 1.54) is 0 Å². The molecule has 0 unspecified atom stereocenters. The molecule has 0 saturated carbocycles. The van der Waals surface area contributed by atoms with Crippen LogP contribution in [0.3, 0.4) is 0 Å². The first-order chi connectivity index (χ1) is 6.81. The van der Waals surface area contributed by atoms with Crippen LogP contribution in [0.4, 0.5) is 0 Å². The van der Waals surface area contributed by atoms with Crippen molar-refractivity contribution in [3.8, 4) is 11.6 Å². The van der Waals surface area contributed by atoms with E-state index in [2.05, 4.69) is 10.3 Å². The third-order valence-electron chi connectivity index (χ3n) is 2.05. The van der Waals surface area contributed by atoms with Gasteiger partial charge in [-0.25, -0.2) is 4.98 Å². The van der Waals surface area contributed by atoms with Crippen molar-refractivity contribution in [1.82, 2.24) is 14.9 Å². The molecule has 4 nitrogen and oxygen atoms in total. The van der Waals surface area contributed by atoms with E-state index in [0.717, 1.165) is 23.9 Å². The Morgan fingerprint density at radius 3 is 3.00 bits per heavy atom. The highest BCUT2D eigenvalue weighted by Crippen LogP contribution is 2.19. The molecule has 0 aliphatic carbocycles. The maximum Gasteiger partial charge on any atom is 0.175 e. The molecule has 0 radical (unpaired) electrons. The largest absolute Gasteiger partial charge is 0.456 e. The number of furan rings is 1. The quantitative estimate of drug-likeness (QED) is 0.797. The first-order valence-corrected chi connectivity index (χ1v) is 4.52. The molecular weight excluding hydrogens is 178 g/mol. The number of hydrogen-bond donors (Lipinski definition) is 1. The molecule has 0 aliphatic rings. The number of nitrogens with one attached hydrogen (secondary N) is 1. The first kappa shape index (κ1) is 9.02. The van der Waals surface area contributed by atoms with Crippen molar-refractivity contribution in [2.45, 2.75) is 6.54 Å². The third kappa shape index (κ3) is 1.56. The SMILES string of the molecule is CNCc1ccc(-c2nccn2C)o1. The van der Waals surface area contributed by atoms with Gasteiger partial charge in [0.2, 0.25) is 0 Å². The van der Waals surface area contributed by atoms with E-state index < -0.39 is 0 Å². The van der Waals surface area contributed by atoms with E-state index in [1.807, 2.05) is 37.0 Å². The molecule has 14 heavy (non-hydrogen) atoms. The van der Waals surface area contributed by atoms with Gasteiger partial charge in [-0.05, 0) is 19.2 Å². The van der Waals surface area contributed by atoms with Crippen LogP contribution in [0.1, 0.15) is 5.76 Å². The highest BCUT2D eigenvalue weighted by atomic mass is 16.3. The Kier molecular flexibility index (Phi) is 2.37. The molecule has 0 saturated heterocycles. The monoisotopic (exact) mass is 191 g/mol. The summed E-state index contributed by atoms with van der Waals surface area (Å²) in [5, 5.41) is 3.04. The standard InChI is InChI=1S/C10H13N3O/c1-11-7-8-3-4-9(14-8)10-12-5-6-13(10)2/h3-6,11H,7H2,1-2H3. The lowest BCUT2D eigenvalue weighted by molar-refractivity contribution is 0.502. The molecule has 0 aliphatic heterocycles. The van der Waals surface area contributed by atoms with Crippen LogP contribution in [-0.2, 0) is 13.6 Å². The second-order valence-electron chi connectivity index (χ2n) is 3.16. The topological polar surface area (TPSA) is 43.0 Å². The number of aromatic nitrogens is 2. The van der Waals surface area contributed by atoms with Crippen LogP contribution < -0.4 is 5.32 Å². The zero-order chi connectivity index (χ0) is 9.97. The highest BCUT2D eigenvalue weighted by molar-refractivity contribution is 5.47. The van der Waals surface area contributed by atoms with Crippen molar-refractivity contribution in [2.24, 2.45) is 7.05 Å². The maximum atomic E-state index is 5.60. The summed E-state index contributed by atoms with van der Waals surface area (Å²) in [6.07, 6.45) is 3.66. The van der Waals surface area contributed by atoms with Gasteiger partial charge in [0, 0.05) is 19.4 Å². The zero-order valence-corrected chi connectivity index (χ0v) is 8.32. The summed E-state index contributed by atoms with van der Waals surface area (Å²) in [6, 6.07) is 3.90. The summed E-state index contributed by atoms with van der Waals surface area (Å²) in [4.78, 5) is 4.21. The smallest absolute Gasteiger partial charge is 0.175 e. The van der Waals surface area contributed by atoms with Crippen molar-refractivity contribution in [2.75, 3.05) is 7.05 Å². The molecule has 0 amide bonds. The molecule has 2 aromatic rings. The highest BCUT2D eigenvalue weighted by Gasteiger charge is 2.07. The number of rotatable bonds is 3. The van der Waals surface area contributed by atoms with Crippen molar-refractivity contribution in [3.05, 3.63) is 30.3 Å². The molecule has 2 aromatic heterocycles. The zero-order valence-electron chi connectivity index (χ0n) is 8.32. The Morgan fingerprint density at radius 1 is 1.50 bits per heavy atom. The van der Waals surface area contributed by atoms with Crippen LogP contribution in [0.5, 0.6) is 0 Å². The van der Waals surface area contributed by atoms with Gasteiger partial charge in [0.15, 0.2) is 11.6 Å². The molecule has 0 aromatic carbocycles. The summed E-state index contributed by atoms with van der Waals surface area (Å²) >= 11 is 0. The van der Waals surface area contributed by atoms with Crippen LogP contribution in [0.15, 0.2) is 28.9 Å². The number of aryl methyl sites for hydroxylation is 1. The Balaban J connectivity index is 2.29. The summed E-state index contributed by atoms with van der Waals surface area (Å²) in [6.45, 7) is 0.740. The van der Waals surface area contributed by atoms with Gasteiger partial charge in [-0.1, -0.05) is 0 Å². The molecular formula is C10H13N3O. The van der Waals surface area contributed by atoms with Crippen molar-refractivity contribution in [1.29, 1.82) is 0 Å². The summed E-state index contributed by atoms with van der Waals surface area (Å²) in [5.41, 5.74) is 0. The van der Waals surface area contributed by atoms with Gasteiger partial charge in [-0.2, -0.15) is 0 Å². The summed E-state index contributed by atoms with van der Waals surface area (Å²) in [5.74, 6) is 2.58. The number of nitrogens with zero attached hydrogens (tertiary/aromatic N) is 2. The molecule has 1 N–H and O–H groups in total.